The third-order valence-corrected chi connectivity index (χ3v) is 4.66. The number of carbonyl (C=O) groups is 2. The Morgan fingerprint density at radius 1 is 1.35 bits per heavy atom. The van der Waals surface area contributed by atoms with Crippen LogP contribution in [-0.4, -0.2) is 63.3 Å². The summed E-state index contributed by atoms with van der Waals surface area (Å²) in [4.78, 5) is 27.1. The van der Waals surface area contributed by atoms with Crippen molar-refractivity contribution in [3.8, 4) is 0 Å². The van der Waals surface area contributed by atoms with Gasteiger partial charge in [0.05, 0.1) is 6.10 Å². The summed E-state index contributed by atoms with van der Waals surface area (Å²) in [5, 5.41) is 18.8. The predicted octanol–water partition coefficient (Wildman–Crippen LogP) is 1.14. The molecule has 0 unspecified atom stereocenters. The van der Waals surface area contributed by atoms with E-state index in [0.717, 1.165) is 12.8 Å². The summed E-state index contributed by atoms with van der Waals surface area (Å²) in [6, 6.07) is -1.04. The molecule has 1 saturated carbocycles. The Labute approximate surface area is 119 Å². The standard InChI is InChI=1S/C14H24N2O4/c1-9(2)11(12(18)19)15(3)13(20)16-6-4-5-14(16)7-10(17)8-14/h9-11,17H,4-8H2,1-3H3,(H,18,19)/t10?,11-,14?/m0/s1. The molecule has 6 heteroatoms. The van der Waals surface area contributed by atoms with Gasteiger partial charge in [-0.3, -0.25) is 0 Å². The van der Waals surface area contributed by atoms with Crippen molar-refractivity contribution in [3.05, 3.63) is 0 Å². The average Bonchev–Trinajstić information content (AvgIpc) is 2.70. The Bertz CT molecular complexity index is 404. The lowest BCUT2D eigenvalue weighted by molar-refractivity contribution is -0.143. The largest absolute Gasteiger partial charge is 0.480 e. The molecule has 2 fully saturated rings. The number of hydrogen-bond donors (Lipinski definition) is 2. The van der Waals surface area contributed by atoms with Crippen LogP contribution in [0.3, 0.4) is 0 Å². The van der Waals surface area contributed by atoms with E-state index in [2.05, 4.69) is 0 Å². The van der Waals surface area contributed by atoms with Gasteiger partial charge < -0.3 is 20.0 Å². The zero-order valence-electron chi connectivity index (χ0n) is 12.4. The first-order valence-electron chi connectivity index (χ1n) is 7.24. The summed E-state index contributed by atoms with van der Waals surface area (Å²) in [7, 11) is 1.56. The van der Waals surface area contributed by atoms with Crippen molar-refractivity contribution in [2.45, 2.75) is 57.2 Å². The number of aliphatic carboxylic acids is 1. The summed E-state index contributed by atoms with van der Waals surface area (Å²) in [6.07, 6.45) is 2.74. The van der Waals surface area contributed by atoms with Gasteiger partial charge in [-0.1, -0.05) is 13.8 Å². The van der Waals surface area contributed by atoms with E-state index in [9.17, 15) is 19.8 Å². The van der Waals surface area contributed by atoms with Gasteiger partial charge in [0.1, 0.15) is 6.04 Å². The minimum Gasteiger partial charge on any atom is -0.480 e. The third kappa shape index (κ3) is 2.37. The van der Waals surface area contributed by atoms with Crippen molar-refractivity contribution in [2.75, 3.05) is 13.6 Å². The molecule has 2 aliphatic rings. The van der Waals surface area contributed by atoms with E-state index in [1.807, 2.05) is 0 Å². The summed E-state index contributed by atoms with van der Waals surface area (Å²) in [5.41, 5.74) is -0.231. The molecule has 1 atom stereocenters. The number of aliphatic hydroxyl groups excluding tert-OH is 1. The van der Waals surface area contributed by atoms with Crippen LogP contribution in [0.4, 0.5) is 4.79 Å². The Hall–Kier alpha value is -1.30. The zero-order chi connectivity index (χ0) is 15.1. The van der Waals surface area contributed by atoms with Gasteiger partial charge in [0.2, 0.25) is 0 Å². The molecule has 0 aromatic carbocycles. The minimum atomic E-state index is -0.974. The number of carboxylic acids is 1. The Balaban J connectivity index is 2.12. The molecule has 0 bridgehead atoms. The zero-order valence-corrected chi connectivity index (χ0v) is 12.4. The maximum Gasteiger partial charge on any atom is 0.326 e. The SMILES string of the molecule is CC(C)[C@@H](C(=O)O)N(C)C(=O)N1CCCC12CC(O)C2. The van der Waals surface area contributed by atoms with Crippen molar-refractivity contribution in [2.24, 2.45) is 5.92 Å². The molecule has 0 aromatic heterocycles. The summed E-state index contributed by atoms with van der Waals surface area (Å²) in [6.45, 7) is 4.26. The number of likely N-dealkylation sites (tertiary alicyclic amines) is 1. The highest BCUT2D eigenvalue weighted by atomic mass is 16.4. The molecular formula is C14H24N2O4. The van der Waals surface area contributed by atoms with E-state index < -0.39 is 12.0 Å². The van der Waals surface area contributed by atoms with E-state index >= 15 is 0 Å². The second-order valence-electron chi connectivity index (χ2n) is 6.46. The number of amides is 2. The van der Waals surface area contributed by atoms with E-state index in [1.54, 1.807) is 25.8 Å². The first-order chi connectivity index (χ1) is 9.28. The van der Waals surface area contributed by atoms with Gasteiger partial charge in [0, 0.05) is 19.1 Å². The van der Waals surface area contributed by atoms with Crippen LogP contribution >= 0.6 is 0 Å². The van der Waals surface area contributed by atoms with Gasteiger partial charge in [-0.15, -0.1) is 0 Å². The number of carboxylic acid groups (broad SMARTS) is 1. The molecule has 1 saturated heterocycles. The van der Waals surface area contributed by atoms with Gasteiger partial charge in [0.25, 0.3) is 0 Å². The van der Waals surface area contributed by atoms with Gasteiger partial charge in [-0.05, 0) is 31.6 Å². The van der Waals surface area contributed by atoms with Gasteiger partial charge in [-0.25, -0.2) is 9.59 Å². The molecule has 2 rings (SSSR count). The van der Waals surface area contributed by atoms with E-state index in [1.165, 1.54) is 4.90 Å². The average molecular weight is 284 g/mol. The minimum absolute atomic E-state index is 0.146. The highest BCUT2D eigenvalue weighted by molar-refractivity contribution is 5.83. The number of urea groups is 1. The van der Waals surface area contributed by atoms with Crippen molar-refractivity contribution < 1.29 is 19.8 Å². The van der Waals surface area contributed by atoms with Crippen LogP contribution in [0.1, 0.15) is 39.5 Å². The molecule has 0 aromatic rings. The molecule has 1 heterocycles. The molecule has 1 aliphatic heterocycles. The third-order valence-electron chi connectivity index (χ3n) is 4.66. The lowest BCUT2D eigenvalue weighted by Crippen LogP contribution is -2.62. The molecular weight excluding hydrogens is 260 g/mol. The van der Waals surface area contributed by atoms with Gasteiger partial charge >= 0.3 is 12.0 Å². The second-order valence-corrected chi connectivity index (χ2v) is 6.46. The van der Waals surface area contributed by atoms with Crippen LogP contribution in [0.15, 0.2) is 0 Å². The topological polar surface area (TPSA) is 81.1 Å². The molecule has 0 radical (unpaired) electrons. The number of aliphatic hydroxyl groups is 1. The van der Waals surface area contributed by atoms with Crippen LogP contribution in [0.5, 0.6) is 0 Å². The lowest BCUT2D eigenvalue weighted by atomic mass is 9.72. The van der Waals surface area contributed by atoms with Crippen LogP contribution in [0.25, 0.3) is 0 Å². The first-order valence-corrected chi connectivity index (χ1v) is 7.24. The Morgan fingerprint density at radius 3 is 2.40 bits per heavy atom. The fourth-order valence-corrected chi connectivity index (χ4v) is 3.69. The second kappa shape index (κ2) is 5.24. The van der Waals surface area contributed by atoms with Crippen LogP contribution in [-0.2, 0) is 4.79 Å². The number of rotatable bonds is 3. The summed E-state index contributed by atoms with van der Waals surface area (Å²) >= 11 is 0. The molecule has 2 amide bonds. The maximum absolute atomic E-state index is 12.6. The Kier molecular flexibility index (Phi) is 3.95. The first kappa shape index (κ1) is 15.1. The van der Waals surface area contributed by atoms with Crippen molar-refractivity contribution in [1.82, 2.24) is 9.80 Å². The number of likely N-dealkylation sites (N-methyl/N-ethyl adjacent to an activating group) is 1. The van der Waals surface area contributed by atoms with Crippen molar-refractivity contribution in [3.63, 3.8) is 0 Å². The van der Waals surface area contributed by atoms with Crippen LogP contribution in [0.2, 0.25) is 0 Å². The monoisotopic (exact) mass is 284 g/mol. The normalized spacial score (nSPS) is 30.4. The van der Waals surface area contributed by atoms with Gasteiger partial charge in [0.15, 0.2) is 0 Å². The van der Waals surface area contributed by atoms with Gasteiger partial charge in [-0.2, -0.15) is 0 Å². The van der Waals surface area contributed by atoms with Crippen molar-refractivity contribution >= 4 is 12.0 Å². The lowest BCUT2D eigenvalue weighted by Gasteiger charge is -2.50. The van der Waals surface area contributed by atoms with Crippen molar-refractivity contribution in [1.29, 1.82) is 0 Å². The molecule has 1 spiro atoms. The van der Waals surface area contributed by atoms with E-state index in [0.29, 0.717) is 19.4 Å². The molecule has 1 aliphatic carbocycles. The molecule has 2 N–H and O–H groups in total. The maximum atomic E-state index is 12.6. The highest BCUT2D eigenvalue weighted by Gasteiger charge is 2.53. The van der Waals surface area contributed by atoms with Crippen LogP contribution in [0, 0.1) is 5.92 Å². The number of hydrogen-bond acceptors (Lipinski definition) is 3. The Morgan fingerprint density at radius 2 is 1.95 bits per heavy atom. The summed E-state index contributed by atoms with van der Waals surface area (Å²) in [5.74, 6) is -1.12. The van der Waals surface area contributed by atoms with Crippen LogP contribution < -0.4 is 0 Å². The van der Waals surface area contributed by atoms with E-state index in [4.69, 9.17) is 0 Å². The fourth-order valence-electron chi connectivity index (χ4n) is 3.69. The number of nitrogens with zero attached hydrogens (tertiary/aromatic N) is 2. The highest BCUT2D eigenvalue weighted by Crippen LogP contribution is 2.46. The quantitative estimate of drug-likeness (QED) is 0.814. The predicted molar refractivity (Wildman–Crippen MR) is 73.3 cm³/mol. The van der Waals surface area contributed by atoms with E-state index in [-0.39, 0.29) is 23.6 Å². The summed E-state index contributed by atoms with van der Waals surface area (Å²) < 4.78 is 0. The molecule has 6 nitrogen and oxygen atoms in total. The number of carbonyl (C=O) groups excluding carboxylic acids is 1. The fraction of sp³-hybridized carbons (Fsp3) is 0.857. The molecule has 20 heavy (non-hydrogen) atoms. The molecule has 114 valence electrons. The smallest absolute Gasteiger partial charge is 0.326 e.